The second kappa shape index (κ2) is 5.69. The molecule has 1 aromatic heterocycles. The summed E-state index contributed by atoms with van der Waals surface area (Å²) in [7, 11) is 0. The van der Waals surface area contributed by atoms with E-state index < -0.39 is 5.97 Å². The fourth-order valence-corrected chi connectivity index (χ4v) is 2.73. The first-order valence-electron chi connectivity index (χ1n) is 6.78. The van der Waals surface area contributed by atoms with E-state index in [1.165, 1.54) is 12.1 Å². The van der Waals surface area contributed by atoms with Crippen LogP contribution in [0.2, 0.25) is 5.02 Å². The van der Waals surface area contributed by atoms with Gasteiger partial charge in [0.15, 0.2) is 0 Å². The Morgan fingerprint density at radius 1 is 1.24 bits per heavy atom. The van der Waals surface area contributed by atoms with Crippen LogP contribution in [0.3, 0.4) is 0 Å². The smallest absolute Gasteiger partial charge is 0.335 e. The van der Waals surface area contributed by atoms with Crippen molar-refractivity contribution in [2.24, 2.45) is 0 Å². The minimum absolute atomic E-state index is 0.162. The number of benzene rings is 1. The van der Waals surface area contributed by atoms with Crippen LogP contribution < -0.4 is 5.32 Å². The van der Waals surface area contributed by atoms with Crippen LogP contribution in [0.4, 0.5) is 11.5 Å². The molecule has 0 atom stereocenters. The van der Waals surface area contributed by atoms with Crippen molar-refractivity contribution in [1.29, 1.82) is 0 Å². The van der Waals surface area contributed by atoms with Crippen LogP contribution in [0.25, 0.3) is 0 Å². The Hall–Kier alpha value is -2.14. The van der Waals surface area contributed by atoms with Crippen LogP contribution in [0, 0.1) is 0 Å². The Labute approximate surface area is 127 Å². The Morgan fingerprint density at radius 2 is 2.05 bits per heavy atom. The highest BCUT2D eigenvalue weighted by Gasteiger charge is 2.16. The molecule has 0 amide bonds. The van der Waals surface area contributed by atoms with E-state index in [9.17, 15) is 4.79 Å². The molecule has 108 valence electrons. The third kappa shape index (κ3) is 2.83. The molecule has 3 rings (SSSR count). The van der Waals surface area contributed by atoms with Gasteiger partial charge in [0.2, 0.25) is 0 Å². The van der Waals surface area contributed by atoms with Gasteiger partial charge in [-0.2, -0.15) is 0 Å². The highest BCUT2D eigenvalue weighted by Crippen LogP contribution is 2.30. The number of hydrogen-bond acceptors (Lipinski definition) is 4. The van der Waals surface area contributed by atoms with E-state index >= 15 is 0 Å². The molecule has 0 saturated carbocycles. The molecule has 21 heavy (non-hydrogen) atoms. The fraction of sp³-hybridized carbons (Fsp3) is 0.267. The third-order valence-electron chi connectivity index (χ3n) is 3.59. The van der Waals surface area contributed by atoms with Gasteiger partial charge in [-0.25, -0.2) is 14.8 Å². The molecule has 0 aliphatic heterocycles. The van der Waals surface area contributed by atoms with Crippen molar-refractivity contribution in [2.45, 2.75) is 25.7 Å². The topological polar surface area (TPSA) is 75.1 Å². The monoisotopic (exact) mass is 303 g/mol. The van der Waals surface area contributed by atoms with E-state index in [1.807, 2.05) is 0 Å². The summed E-state index contributed by atoms with van der Waals surface area (Å²) in [5.74, 6) is -0.243. The molecule has 0 radical (unpaired) electrons. The average Bonchev–Trinajstić information content (AvgIpc) is 2.49. The molecular weight excluding hydrogens is 290 g/mol. The first-order valence-corrected chi connectivity index (χ1v) is 7.15. The average molecular weight is 304 g/mol. The van der Waals surface area contributed by atoms with Crippen LogP contribution in [-0.2, 0) is 12.8 Å². The van der Waals surface area contributed by atoms with E-state index in [-0.39, 0.29) is 5.56 Å². The number of halogens is 1. The number of hydrogen-bond donors (Lipinski definition) is 2. The highest BCUT2D eigenvalue weighted by molar-refractivity contribution is 6.33. The fourth-order valence-electron chi connectivity index (χ4n) is 2.51. The number of aromatic nitrogens is 2. The summed E-state index contributed by atoms with van der Waals surface area (Å²) in [6, 6.07) is 4.60. The predicted octanol–water partition coefficient (Wildman–Crippen LogP) is 3.45. The van der Waals surface area contributed by atoms with Gasteiger partial charge in [0.25, 0.3) is 0 Å². The third-order valence-corrected chi connectivity index (χ3v) is 3.91. The largest absolute Gasteiger partial charge is 0.478 e. The molecule has 1 heterocycles. The maximum atomic E-state index is 10.9. The summed E-state index contributed by atoms with van der Waals surface area (Å²) in [5.41, 5.74) is 3.02. The summed E-state index contributed by atoms with van der Waals surface area (Å²) in [6.07, 6.45) is 5.74. The number of carboxylic acids is 1. The van der Waals surface area contributed by atoms with Gasteiger partial charge in [0.1, 0.15) is 12.1 Å². The number of nitrogens with one attached hydrogen (secondary N) is 1. The summed E-state index contributed by atoms with van der Waals surface area (Å²) in [4.78, 5) is 19.5. The maximum absolute atomic E-state index is 10.9. The lowest BCUT2D eigenvalue weighted by Gasteiger charge is -2.18. The Morgan fingerprint density at radius 3 is 2.81 bits per heavy atom. The summed E-state index contributed by atoms with van der Waals surface area (Å²) >= 11 is 6.14. The molecule has 1 aromatic carbocycles. The van der Waals surface area contributed by atoms with Crippen molar-refractivity contribution >= 4 is 29.1 Å². The number of aromatic carboxylic acids is 1. The van der Waals surface area contributed by atoms with Crippen molar-refractivity contribution in [3.8, 4) is 0 Å². The SMILES string of the molecule is O=C(O)c1ccc(Nc2ncnc3c2CCCC3)c(Cl)c1. The van der Waals surface area contributed by atoms with E-state index in [0.717, 1.165) is 42.8 Å². The van der Waals surface area contributed by atoms with Gasteiger partial charge in [-0.15, -0.1) is 0 Å². The Kier molecular flexibility index (Phi) is 3.75. The van der Waals surface area contributed by atoms with Crippen molar-refractivity contribution in [3.05, 3.63) is 46.4 Å². The second-order valence-corrected chi connectivity index (χ2v) is 5.39. The number of rotatable bonds is 3. The summed E-state index contributed by atoms with van der Waals surface area (Å²) < 4.78 is 0. The summed E-state index contributed by atoms with van der Waals surface area (Å²) in [6.45, 7) is 0. The molecule has 0 fully saturated rings. The van der Waals surface area contributed by atoms with E-state index in [1.54, 1.807) is 12.4 Å². The van der Waals surface area contributed by atoms with Gasteiger partial charge in [0.05, 0.1) is 16.3 Å². The lowest BCUT2D eigenvalue weighted by molar-refractivity contribution is 0.0697. The lowest BCUT2D eigenvalue weighted by atomic mass is 9.96. The standard InChI is InChI=1S/C15H14ClN3O2/c16-11-7-9(15(20)21)5-6-13(11)19-14-10-3-1-2-4-12(10)17-8-18-14/h5-8H,1-4H2,(H,20,21)(H,17,18,19). The Bertz CT molecular complexity index is 703. The number of carboxylic acid groups (broad SMARTS) is 1. The number of carbonyl (C=O) groups is 1. The zero-order valence-corrected chi connectivity index (χ0v) is 12.0. The van der Waals surface area contributed by atoms with E-state index in [4.69, 9.17) is 16.7 Å². The molecule has 2 aromatic rings. The normalized spacial score (nSPS) is 13.6. The molecule has 5 nitrogen and oxygen atoms in total. The van der Waals surface area contributed by atoms with Crippen LogP contribution in [0.15, 0.2) is 24.5 Å². The van der Waals surface area contributed by atoms with Crippen LogP contribution >= 0.6 is 11.6 Å². The van der Waals surface area contributed by atoms with Gasteiger partial charge in [-0.3, -0.25) is 0 Å². The molecule has 6 heteroatoms. The van der Waals surface area contributed by atoms with Gasteiger partial charge in [0, 0.05) is 11.3 Å². The number of fused-ring (bicyclic) bond motifs is 1. The first-order chi connectivity index (χ1) is 10.1. The molecule has 1 aliphatic carbocycles. The van der Waals surface area contributed by atoms with E-state index in [0.29, 0.717) is 10.7 Å². The Balaban J connectivity index is 1.92. The number of nitrogens with zero attached hydrogens (tertiary/aromatic N) is 2. The van der Waals surface area contributed by atoms with E-state index in [2.05, 4.69) is 15.3 Å². The lowest BCUT2D eigenvalue weighted by Crippen LogP contribution is -2.10. The zero-order chi connectivity index (χ0) is 14.8. The molecular formula is C15H14ClN3O2. The molecule has 0 saturated heterocycles. The molecule has 0 unspecified atom stereocenters. The molecule has 2 N–H and O–H groups in total. The van der Waals surface area contributed by atoms with Crippen LogP contribution in [0.5, 0.6) is 0 Å². The van der Waals surface area contributed by atoms with Crippen molar-refractivity contribution < 1.29 is 9.90 Å². The van der Waals surface area contributed by atoms with Crippen molar-refractivity contribution in [3.63, 3.8) is 0 Å². The minimum Gasteiger partial charge on any atom is -0.478 e. The van der Waals surface area contributed by atoms with Crippen molar-refractivity contribution in [2.75, 3.05) is 5.32 Å². The molecule has 0 spiro atoms. The molecule has 1 aliphatic rings. The van der Waals surface area contributed by atoms with Gasteiger partial charge in [-0.05, 0) is 43.9 Å². The molecule has 0 bridgehead atoms. The van der Waals surface area contributed by atoms with Gasteiger partial charge < -0.3 is 10.4 Å². The second-order valence-electron chi connectivity index (χ2n) is 4.98. The van der Waals surface area contributed by atoms with Crippen LogP contribution in [-0.4, -0.2) is 21.0 Å². The minimum atomic E-state index is -0.997. The number of anilines is 2. The summed E-state index contributed by atoms with van der Waals surface area (Å²) in [5, 5.41) is 12.5. The highest BCUT2D eigenvalue weighted by atomic mass is 35.5. The van der Waals surface area contributed by atoms with Gasteiger partial charge in [-0.1, -0.05) is 11.6 Å². The number of aryl methyl sites for hydroxylation is 1. The van der Waals surface area contributed by atoms with Crippen LogP contribution in [0.1, 0.15) is 34.5 Å². The van der Waals surface area contributed by atoms with Gasteiger partial charge >= 0.3 is 5.97 Å². The quantitative estimate of drug-likeness (QED) is 0.908. The maximum Gasteiger partial charge on any atom is 0.335 e. The zero-order valence-electron chi connectivity index (χ0n) is 11.3. The van der Waals surface area contributed by atoms with Crippen molar-refractivity contribution in [1.82, 2.24) is 9.97 Å². The first kappa shape index (κ1) is 13.8. The predicted molar refractivity (Wildman–Crippen MR) is 80.4 cm³/mol.